The SMILES string of the molecule is CC1CC(C)CN(CCN2CC(Cl)CC2=O)C1. The van der Waals surface area contributed by atoms with Gasteiger partial charge in [0.25, 0.3) is 0 Å². The van der Waals surface area contributed by atoms with Crippen LogP contribution in [0.3, 0.4) is 0 Å². The molecule has 2 fully saturated rings. The summed E-state index contributed by atoms with van der Waals surface area (Å²) in [5, 5.41) is 0.0294. The molecule has 0 aromatic heterocycles. The normalized spacial score (nSPS) is 35.6. The van der Waals surface area contributed by atoms with Crippen molar-refractivity contribution in [2.45, 2.75) is 32.1 Å². The van der Waals surface area contributed by atoms with Crippen LogP contribution in [0.4, 0.5) is 0 Å². The van der Waals surface area contributed by atoms with E-state index in [4.69, 9.17) is 11.6 Å². The van der Waals surface area contributed by atoms with Crippen LogP contribution in [-0.4, -0.2) is 53.8 Å². The van der Waals surface area contributed by atoms with E-state index in [0.717, 1.165) is 31.5 Å². The molecule has 3 nitrogen and oxygen atoms in total. The van der Waals surface area contributed by atoms with Gasteiger partial charge in [0.05, 0.1) is 5.38 Å². The van der Waals surface area contributed by atoms with Gasteiger partial charge in [-0.15, -0.1) is 11.6 Å². The summed E-state index contributed by atoms with van der Waals surface area (Å²) in [6.45, 7) is 9.58. The average molecular weight is 259 g/mol. The monoisotopic (exact) mass is 258 g/mol. The van der Waals surface area contributed by atoms with Gasteiger partial charge in [-0.2, -0.15) is 0 Å². The lowest BCUT2D eigenvalue weighted by Gasteiger charge is -2.35. The second-order valence-electron chi connectivity index (χ2n) is 5.85. The maximum Gasteiger partial charge on any atom is 0.224 e. The zero-order chi connectivity index (χ0) is 12.4. The lowest BCUT2D eigenvalue weighted by molar-refractivity contribution is -0.127. The number of hydrogen-bond acceptors (Lipinski definition) is 2. The summed E-state index contributed by atoms with van der Waals surface area (Å²) in [4.78, 5) is 16.0. The molecular formula is C13H23ClN2O. The molecule has 2 rings (SSSR count). The Labute approximate surface area is 109 Å². The highest BCUT2D eigenvalue weighted by Crippen LogP contribution is 2.21. The first-order valence-electron chi connectivity index (χ1n) is 6.68. The van der Waals surface area contributed by atoms with Gasteiger partial charge >= 0.3 is 0 Å². The molecule has 0 radical (unpaired) electrons. The van der Waals surface area contributed by atoms with Gasteiger partial charge < -0.3 is 9.80 Å². The van der Waals surface area contributed by atoms with Gasteiger partial charge in [0.15, 0.2) is 0 Å². The highest BCUT2D eigenvalue weighted by molar-refractivity contribution is 6.22. The van der Waals surface area contributed by atoms with E-state index in [1.54, 1.807) is 0 Å². The van der Waals surface area contributed by atoms with E-state index in [-0.39, 0.29) is 11.3 Å². The van der Waals surface area contributed by atoms with Crippen molar-refractivity contribution in [2.75, 3.05) is 32.7 Å². The van der Waals surface area contributed by atoms with Gasteiger partial charge in [0.2, 0.25) is 5.91 Å². The Bertz CT molecular complexity index is 275. The third-order valence-electron chi connectivity index (χ3n) is 3.80. The quantitative estimate of drug-likeness (QED) is 0.721. The van der Waals surface area contributed by atoms with Gasteiger partial charge in [0.1, 0.15) is 0 Å². The smallest absolute Gasteiger partial charge is 0.224 e. The molecule has 0 bridgehead atoms. The highest BCUT2D eigenvalue weighted by Gasteiger charge is 2.29. The van der Waals surface area contributed by atoms with Crippen LogP contribution in [0.25, 0.3) is 0 Å². The molecule has 3 atom stereocenters. The van der Waals surface area contributed by atoms with Crippen molar-refractivity contribution in [3.63, 3.8) is 0 Å². The summed E-state index contributed by atoms with van der Waals surface area (Å²) in [7, 11) is 0. The maximum absolute atomic E-state index is 11.6. The topological polar surface area (TPSA) is 23.6 Å². The number of carbonyl (C=O) groups is 1. The summed E-state index contributed by atoms with van der Waals surface area (Å²) >= 11 is 5.99. The highest BCUT2D eigenvalue weighted by atomic mass is 35.5. The Balaban J connectivity index is 1.76. The molecule has 2 aliphatic heterocycles. The second-order valence-corrected chi connectivity index (χ2v) is 6.46. The molecule has 17 heavy (non-hydrogen) atoms. The first-order chi connectivity index (χ1) is 8.04. The number of hydrogen-bond donors (Lipinski definition) is 0. The van der Waals surface area contributed by atoms with Crippen LogP contribution in [-0.2, 0) is 4.79 Å². The number of nitrogens with zero attached hydrogens (tertiary/aromatic N) is 2. The van der Waals surface area contributed by atoms with Crippen LogP contribution in [0, 0.1) is 11.8 Å². The van der Waals surface area contributed by atoms with E-state index >= 15 is 0 Å². The molecule has 0 saturated carbocycles. The molecule has 0 aliphatic carbocycles. The summed E-state index contributed by atoms with van der Waals surface area (Å²) in [6.07, 6.45) is 1.86. The predicted molar refractivity (Wildman–Crippen MR) is 70.2 cm³/mol. The number of carbonyl (C=O) groups excluding carboxylic acids is 1. The molecule has 4 heteroatoms. The fourth-order valence-corrected chi connectivity index (χ4v) is 3.48. The fraction of sp³-hybridized carbons (Fsp3) is 0.923. The Morgan fingerprint density at radius 1 is 1.18 bits per heavy atom. The fourth-order valence-electron chi connectivity index (χ4n) is 3.18. The third-order valence-corrected chi connectivity index (χ3v) is 4.09. The van der Waals surface area contributed by atoms with Crippen molar-refractivity contribution in [1.82, 2.24) is 9.80 Å². The molecule has 2 aliphatic rings. The molecular weight excluding hydrogens is 236 g/mol. The third kappa shape index (κ3) is 3.59. The van der Waals surface area contributed by atoms with Gasteiger partial charge in [-0.3, -0.25) is 4.79 Å². The van der Waals surface area contributed by atoms with Gasteiger partial charge in [0, 0.05) is 39.1 Å². The zero-order valence-electron chi connectivity index (χ0n) is 10.9. The molecule has 98 valence electrons. The Kier molecular flexibility index (Phi) is 4.31. The van der Waals surface area contributed by atoms with Crippen LogP contribution >= 0.6 is 11.6 Å². The first-order valence-corrected chi connectivity index (χ1v) is 7.12. The van der Waals surface area contributed by atoms with E-state index in [1.165, 1.54) is 19.5 Å². The van der Waals surface area contributed by atoms with Gasteiger partial charge in [-0.05, 0) is 18.3 Å². The largest absolute Gasteiger partial charge is 0.340 e. The van der Waals surface area contributed by atoms with Crippen LogP contribution in [0.1, 0.15) is 26.7 Å². The molecule has 0 aromatic carbocycles. The summed E-state index contributed by atoms with van der Waals surface area (Å²) < 4.78 is 0. The second kappa shape index (κ2) is 5.57. The number of rotatable bonds is 3. The van der Waals surface area contributed by atoms with E-state index in [9.17, 15) is 4.79 Å². The number of alkyl halides is 1. The van der Waals surface area contributed by atoms with Crippen molar-refractivity contribution in [2.24, 2.45) is 11.8 Å². The molecule has 2 saturated heterocycles. The molecule has 3 unspecified atom stereocenters. The van der Waals surface area contributed by atoms with Crippen molar-refractivity contribution in [3.05, 3.63) is 0 Å². The van der Waals surface area contributed by atoms with Crippen molar-refractivity contribution in [3.8, 4) is 0 Å². The van der Waals surface area contributed by atoms with Crippen molar-refractivity contribution < 1.29 is 4.79 Å². The molecule has 1 amide bonds. The minimum atomic E-state index is 0.0294. The van der Waals surface area contributed by atoms with Gasteiger partial charge in [-0.25, -0.2) is 0 Å². The van der Waals surface area contributed by atoms with Gasteiger partial charge in [-0.1, -0.05) is 13.8 Å². The van der Waals surface area contributed by atoms with Crippen LogP contribution < -0.4 is 0 Å². The Morgan fingerprint density at radius 3 is 2.35 bits per heavy atom. The van der Waals surface area contributed by atoms with E-state index < -0.39 is 0 Å². The number of likely N-dealkylation sites (tertiary alicyclic amines) is 2. The van der Waals surface area contributed by atoms with Crippen molar-refractivity contribution >= 4 is 17.5 Å². The number of halogens is 1. The Morgan fingerprint density at radius 2 is 1.82 bits per heavy atom. The molecule has 0 N–H and O–H groups in total. The van der Waals surface area contributed by atoms with Crippen LogP contribution in [0.15, 0.2) is 0 Å². The van der Waals surface area contributed by atoms with E-state index in [2.05, 4.69) is 18.7 Å². The molecule has 0 aromatic rings. The Hall–Kier alpha value is -0.280. The lowest BCUT2D eigenvalue weighted by atomic mass is 9.92. The predicted octanol–water partition coefficient (Wildman–Crippen LogP) is 1.80. The summed E-state index contributed by atoms with van der Waals surface area (Å²) in [5.74, 6) is 1.80. The lowest BCUT2D eigenvalue weighted by Crippen LogP contribution is -2.43. The van der Waals surface area contributed by atoms with E-state index in [1.807, 2.05) is 4.90 Å². The minimum Gasteiger partial charge on any atom is -0.340 e. The summed E-state index contributed by atoms with van der Waals surface area (Å²) in [5.41, 5.74) is 0. The molecule has 2 heterocycles. The molecule has 0 spiro atoms. The van der Waals surface area contributed by atoms with Crippen molar-refractivity contribution in [1.29, 1.82) is 0 Å². The van der Waals surface area contributed by atoms with E-state index in [0.29, 0.717) is 6.42 Å². The number of amides is 1. The first kappa shape index (κ1) is 13.2. The standard InChI is InChI=1S/C13H23ClN2O/c1-10-5-11(2)8-15(7-10)3-4-16-9-12(14)6-13(16)17/h10-12H,3-9H2,1-2H3. The van der Waals surface area contributed by atoms with Crippen LogP contribution in [0.2, 0.25) is 0 Å². The zero-order valence-corrected chi connectivity index (χ0v) is 11.6. The summed E-state index contributed by atoms with van der Waals surface area (Å²) in [6, 6.07) is 0. The minimum absolute atomic E-state index is 0.0294. The number of piperidine rings is 1. The van der Waals surface area contributed by atoms with Crippen LogP contribution in [0.5, 0.6) is 0 Å². The average Bonchev–Trinajstić information content (AvgIpc) is 2.53. The maximum atomic E-state index is 11.6.